The zero-order chi connectivity index (χ0) is 23.7. The highest BCUT2D eigenvalue weighted by atomic mass is 32.2. The van der Waals surface area contributed by atoms with Crippen molar-refractivity contribution < 1.29 is 28.8 Å². The van der Waals surface area contributed by atoms with Gasteiger partial charge in [0, 0.05) is 39.9 Å². The molecule has 1 N–H and O–H groups in total. The molecule has 0 spiro atoms. The minimum atomic E-state index is -0.515. The van der Waals surface area contributed by atoms with Crippen molar-refractivity contribution in [3.63, 3.8) is 0 Å². The van der Waals surface area contributed by atoms with Gasteiger partial charge in [0.05, 0.1) is 22.0 Å². The molecule has 0 saturated carbocycles. The van der Waals surface area contributed by atoms with Crippen molar-refractivity contribution in [2.24, 2.45) is 5.92 Å². The summed E-state index contributed by atoms with van der Waals surface area (Å²) in [7, 11) is 2.87. The Labute approximate surface area is 191 Å². The Morgan fingerprint density at radius 1 is 0.935 bits per heavy atom. The quantitative estimate of drug-likeness (QED) is 0.461. The molecule has 2 aliphatic rings. The van der Waals surface area contributed by atoms with Crippen LogP contribution in [0.1, 0.15) is 40.0 Å². The molecule has 174 valence electrons. The third-order valence-electron chi connectivity index (χ3n) is 4.77. The Bertz CT molecular complexity index is 730. The summed E-state index contributed by atoms with van der Waals surface area (Å²) in [6, 6.07) is 0. The molecule has 9 nitrogen and oxygen atoms in total. The second kappa shape index (κ2) is 12.8. The molecule has 2 aliphatic heterocycles. The number of thioether (sulfide) groups is 2. The lowest BCUT2D eigenvalue weighted by molar-refractivity contribution is -0.138. The lowest BCUT2D eigenvalue weighted by Crippen LogP contribution is -2.32. The third-order valence-corrected chi connectivity index (χ3v) is 7.22. The minimum Gasteiger partial charge on any atom is -0.355 e. The summed E-state index contributed by atoms with van der Waals surface area (Å²) in [6.45, 7) is 6.15. The predicted octanol–water partition coefficient (Wildman–Crippen LogP) is 0.705. The standard InChI is InChI=1S/C18H25N3O6S2.C2H6/c1-10(4-11(22)8-28-12-5-15(24)20(2)17(12)26)7-19-14(23)9-29-13-6-16(25)21(3)18(13)27;1-2/h10,12-13H,4-9H2,1-3H3,(H,19,23);1-2H3. The number of hydrogen-bond donors (Lipinski definition) is 1. The Morgan fingerprint density at radius 3 is 1.81 bits per heavy atom. The van der Waals surface area contributed by atoms with Crippen molar-refractivity contribution in [1.29, 1.82) is 0 Å². The first-order valence-corrected chi connectivity index (χ1v) is 12.3. The molecule has 0 aromatic carbocycles. The van der Waals surface area contributed by atoms with Gasteiger partial charge in [-0.3, -0.25) is 38.6 Å². The molecule has 2 saturated heterocycles. The Kier molecular flexibility index (Phi) is 11.3. The molecule has 2 heterocycles. The van der Waals surface area contributed by atoms with Crippen molar-refractivity contribution in [2.45, 2.75) is 50.5 Å². The van der Waals surface area contributed by atoms with Crippen molar-refractivity contribution in [2.75, 3.05) is 32.1 Å². The van der Waals surface area contributed by atoms with Gasteiger partial charge < -0.3 is 5.32 Å². The van der Waals surface area contributed by atoms with Crippen LogP contribution in [-0.4, -0.2) is 87.8 Å². The van der Waals surface area contributed by atoms with E-state index in [1.54, 1.807) is 0 Å². The van der Waals surface area contributed by atoms with E-state index in [0.29, 0.717) is 6.54 Å². The van der Waals surface area contributed by atoms with Crippen LogP contribution in [0.4, 0.5) is 0 Å². The van der Waals surface area contributed by atoms with Crippen LogP contribution in [0, 0.1) is 5.92 Å². The van der Waals surface area contributed by atoms with E-state index in [1.807, 2.05) is 20.8 Å². The van der Waals surface area contributed by atoms with Gasteiger partial charge in [0.1, 0.15) is 5.78 Å². The fourth-order valence-corrected chi connectivity index (χ4v) is 5.01. The van der Waals surface area contributed by atoms with Crippen LogP contribution in [0.15, 0.2) is 0 Å². The number of ketones is 1. The van der Waals surface area contributed by atoms with Crippen molar-refractivity contribution in [1.82, 2.24) is 15.1 Å². The summed E-state index contributed by atoms with van der Waals surface area (Å²) in [5, 5.41) is 1.72. The number of imide groups is 2. The summed E-state index contributed by atoms with van der Waals surface area (Å²) in [6.07, 6.45) is 0.494. The number of carbonyl (C=O) groups is 6. The van der Waals surface area contributed by atoms with Gasteiger partial charge in [-0.05, 0) is 5.92 Å². The van der Waals surface area contributed by atoms with Crippen LogP contribution >= 0.6 is 23.5 Å². The molecule has 3 unspecified atom stereocenters. The number of rotatable bonds is 10. The fourth-order valence-electron chi connectivity index (χ4n) is 2.93. The van der Waals surface area contributed by atoms with Crippen LogP contribution in [0.25, 0.3) is 0 Å². The van der Waals surface area contributed by atoms with E-state index < -0.39 is 10.5 Å². The zero-order valence-electron chi connectivity index (χ0n) is 18.6. The number of Topliss-reactive ketones (excluding diaryl/α,β-unsaturated/α-hetero) is 1. The first-order valence-electron chi connectivity index (χ1n) is 10.2. The average molecular weight is 474 g/mol. The molecule has 0 aromatic heterocycles. The van der Waals surface area contributed by atoms with Crippen LogP contribution in [-0.2, 0) is 28.8 Å². The van der Waals surface area contributed by atoms with Gasteiger partial charge in [-0.25, -0.2) is 0 Å². The van der Waals surface area contributed by atoms with Gasteiger partial charge in [0.25, 0.3) is 0 Å². The van der Waals surface area contributed by atoms with E-state index in [-0.39, 0.29) is 72.0 Å². The highest BCUT2D eigenvalue weighted by Gasteiger charge is 2.37. The van der Waals surface area contributed by atoms with Crippen LogP contribution in [0.3, 0.4) is 0 Å². The number of hydrogen-bond acceptors (Lipinski definition) is 8. The Hall–Kier alpha value is -1.88. The van der Waals surface area contributed by atoms with E-state index in [1.165, 1.54) is 25.9 Å². The summed E-state index contributed by atoms with van der Waals surface area (Å²) in [5.41, 5.74) is 0. The van der Waals surface area contributed by atoms with Gasteiger partial charge in [0.2, 0.25) is 29.5 Å². The smallest absolute Gasteiger partial charge is 0.242 e. The number of nitrogens with one attached hydrogen (secondary N) is 1. The van der Waals surface area contributed by atoms with E-state index in [0.717, 1.165) is 21.6 Å². The van der Waals surface area contributed by atoms with Gasteiger partial charge >= 0.3 is 0 Å². The van der Waals surface area contributed by atoms with E-state index in [4.69, 9.17) is 0 Å². The molecule has 0 radical (unpaired) electrons. The van der Waals surface area contributed by atoms with Crippen molar-refractivity contribution in [3.8, 4) is 0 Å². The second-order valence-electron chi connectivity index (χ2n) is 7.24. The molecule has 0 aliphatic carbocycles. The summed E-state index contributed by atoms with van der Waals surface area (Å²) in [4.78, 5) is 72.8. The Morgan fingerprint density at radius 2 is 1.39 bits per heavy atom. The maximum Gasteiger partial charge on any atom is 0.242 e. The molecular formula is C20H31N3O6S2. The highest BCUT2D eigenvalue weighted by molar-refractivity contribution is 8.01. The largest absolute Gasteiger partial charge is 0.355 e. The van der Waals surface area contributed by atoms with Crippen LogP contribution < -0.4 is 5.32 Å². The fraction of sp³-hybridized carbons (Fsp3) is 0.700. The second-order valence-corrected chi connectivity index (χ2v) is 9.62. The summed E-state index contributed by atoms with van der Waals surface area (Å²) < 4.78 is 0. The molecule has 5 amide bonds. The molecule has 0 bridgehead atoms. The Balaban J connectivity index is 0.00000233. The maximum absolute atomic E-state index is 12.1. The lowest BCUT2D eigenvalue weighted by atomic mass is 10.1. The highest BCUT2D eigenvalue weighted by Crippen LogP contribution is 2.25. The van der Waals surface area contributed by atoms with Crippen LogP contribution in [0.5, 0.6) is 0 Å². The normalized spacial score (nSPS) is 21.8. The predicted molar refractivity (Wildman–Crippen MR) is 120 cm³/mol. The van der Waals surface area contributed by atoms with E-state index >= 15 is 0 Å². The van der Waals surface area contributed by atoms with Crippen molar-refractivity contribution >= 4 is 58.8 Å². The number of nitrogens with zero attached hydrogens (tertiary/aromatic N) is 2. The number of carbonyl (C=O) groups excluding carboxylic acids is 6. The number of amides is 5. The third kappa shape index (κ3) is 7.95. The van der Waals surface area contributed by atoms with Crippen molar-refractivity contribution in [3.05, 3.63) is 0 Å². The van der Waals surface area contributed by atoms with Crippen LogP contribution in [0.2, 0.25) is 0 Å². The van der Waals surface area contributed by atoms with Gasteiger partial charge in [-0.15, -0.1) is 23.5 Å². The average Bonchev–Trinajstić information content (AvgIpc) is 3.14. The summed E-state index contributed by atoms with van der Waals surface area (Å²) >= 11 is 2.32. The molecule has 0 aromatic rings. The lowest BCUT2D eigenvalue weighted by Gasteiger charge is -2.13. The molecule has 11 heteroatoms. The summed E-state index contributed by atoms with van der Waals surface area (Å²) in [5.74, 6) is -1.18. The molecule has 3 atom stereocenters. The van der Waals surface area contributed by atoms with Gasteiger partial charge in [-0.2, -0.15) is 0 Å². The van der Waals surface area contributed by atoms with E-state index in [9.17, 15) is 28.8 Å². The number of likely N-dealkylation sites (tertiary alicyclic amines) is 2. The van der Waals surface area contributed by atoms with Gasteiger partial charge in [-0.1, -0.05) is 20.8 Å². The topological polar surface area (TPSA) is 121 Å². The molecule has 2 fully saturated rings. The first-order chi connectivity index (χ1) is 14.6. The molecule has 2 rings (SSSR count). The van der Waals surface area contributed by atoms with E-state index in [2.05, 4.69) is 5.32 Å². The first kappa shape index (κ1) is 27.2. The maximum atomic E-state index is 12.1. The molecule has 31 heavy (non-hydrogen) atoms. The molecular weight excluding hydrogens is 442 g/mol. The monoisotopic (exact) mass is 473 g/mol. The van der Waals surface area contributed by atoms with Gasteiger partial charge in [0.15, 0.2) is 0 Å². The minimum absolute atomic E-state index is 0.0426. The zero-order valence-corrected chi connectivity index (χ0v) is 20.3. The SMILES string of the molecule is CC.CC(CNC(=O)CSC1CC(=O)N(C)C1=O)CC(=O)CSC1CC(=O)N(C)C1=O.